The minimum absolute atomic E-state index is 0.580. The number of benzene rings is 2. The van der Waals surface area contributed by atoms with Gasteiger partial charge in [-0.15, -0.1) is 6.42 Å². The number of hydrogen-bond donors (Lipinski definition) is 1. The van der Waals surface area contributed by atoms with Crippen LogP contribution in [-0.4, -0.2) is 20.1 Å². The third-order valence-electron chi connectivity index (χ3n) is 3.43. The van der Waals surface area contributed by atoms with Gasteiger partial charge in [-0.25, -0.2) is 0 Å². The zero-order chi connectivity index (χ0) is 15.8. The summed E-state index contributed by atoms with van der Waals surface area (Å²) in [5.74, 6) is 3.53. The van der Waals surface area contributed by atoms with Gasteiger partial charge in [-0.3, -0.25) is 0 Å². The van der Waals surface area contributed by atoms with Gasteiger partial charge in [0, 0.05) is 5.57 Å². The molecule has 0 aromatic heterocycles. The molecule has 0 spiro atoms. The van der Waals surface area contributed by atoms with Gasteiger partial charge in [0.15, 0.2) is 0 Å². The van der Waals surface area contributed by atoms with Gasteiger partial charge in [0.2, 0.25) is 0 Å². The molecule has 22 heavy (non-hydrogen) atoms. The highest BCUT2D eigenvalue weighted by Crippen LogP contribution is 2.18. The van der Waals surface area contributed by atoms with Crippen LogP contribution in [0.4, 0.5) is 0 Å². The smallest absolute Gasteiger partial charge is 0.139 e. The van der Waals surface area contributed by atoms with Crippen LogP contribution in [0, 0.1) is 12.3 Å². The Hall–Kier alpha value is -2.50. The molecule has 2 rings (SSSR count). The molecule has 0 amide bonds. The molecule has 0 saturated carbocycles. The topological polar surface area (TPSA) is 13.7 Å². The van der Waals surface area contributed by atoms with Crippen molar-refractivity contribution in [3.05, 3.63) is 72.3 Å². The van der Waals surface area contributed by atoms with Crippen molar-refractivity contribution in [3.8, 4) is 18.1 Å². The zero-order valence-electron chi connectivity index (χ0n) is 13.0. The fraction of sp³-hybridized carbons (Fsp3) is 0.200. The van der Waals surface area contributed by atoms with Gasteiger partial charge in [-0.05, 0) is 29.2 Å². The first kappa shape index (κ1) is 15.9. The van der Waals surface area contributed by atoms with E-state index in [1.54, 1.807) is 0 Å². The van der Waals surface area contributed by atoms with Crippen LogP contribution in [0.5, 0.6) is 5.75 Å². The Balaban J connectivity index is 1.90. The van der Waals surface area contributed by atoms with Crippen LogP contribution in [0.15, 0.2) is 61.2 Å². The summed E-state index contributed by atoms with van der Waals surface area (Å²) in [4.78, 5) is 1.26. The molecule has 1 N–H and O–H groups in total. The number of likely N-dealkylation sites (N-methyl/N-ethyl adjacent to an activating group) is 1. The van der Waals surface area contributed by atoms with Gasteiger partial charge < -0.3 is 9.64 Å². The van der Waals surface area contributed by atoms with E-state index < -0.39 is 0 Å². The summed E-state index contributed by atoms with van der Waals surface area (Å²) in [5, 5.41) is 0. The first-order chi connectivity index (χ1) is 10.7. The molecule has 0 heterocycles. The highest BCUT2D eigenvalue weighted by molar-refractivity contribution is 5.64. The molecule has 0 aliphatic heterocycles. The van der Waals surface area contributed by atoms with Crippen molar-refractivity contribution in [2.75, 3.05) is 20.1 Å². The first-order valence-electron chi connectivity index (χ1n) is 7.38. The average Bonchev–Trinajstić information content (AvgIpc) is 2.54. The van der Waals surface area contributed by atoms with Crippen LogP contribution in [0.2, 0.25) is 0 Å². The van der Waals surface area contributed by atoms with Gasteiger partial charge in [0.05, 0.1) is 7.05 Å². The number of terminal acetylenes is 1. The highest BCUT2D eigenvalue weighted by atomic mass is 16.5. The Labute approximate surface area is 133 Å². The van der Waals surface area contributed by atoms with E-state index in [0.29, 0.717) is 13.2 Å². The summed E-state index contributed by atoms with van der Waals surface area (Å²) in [6.45, 7) is 6.27. The van der Waals surface area contributed by atoms with Crippen molar-refractivity contribution in [2.24, 2.45) is 0 Å². The lowest BCUT2D eigenvalue weighted by molar-refractivity contribution is -0.863. The molecule has 2 aromatic rings. The van der Waals surface area contributed by atoms with Gasteiger partial charge in [0.1, 0.15) is 25.4 Å². The van der Waals surface area contributed by atoms with Gasteiger partial charge in [-0.2, -0.15) is 0 Å². The summed E-state index contributed by atoms with van der Waals surface area (Å²) in [6.07, 6.45) is 5.33. The molecule has 2 nitrogen and oxygen atoms in total. The molecule has 1 unspecified atom stereocenters. The summed E-state index contributed by atoms with van der Waals surface area (Å²) >= 11 is 0. The van der Waals surface area contributed by atoms with Crippen molar-refractivity contribution in [1.29, 1.82) is 0 Å². The molecule has 2 heteroatoms. The molecular formula is C20H22NO+. The molecule has 112 valence electrons. The lowest BCUT2D eigenvalue weighted by Crippen LogP contribution is -3.08. The van der Waals surface area contributed by atoms with E-state index in [2.05, 4.69) is 31.7 Å². The lowest BCUT2D eigenvalue weighted by atomic mass is 10.1. The third-order valence-corrected chi connectivity index (χ3v) is 3.43. The molecule has 2 aromatic carbocycles. The highest BCUT2D eigenvalue weighted by Gasteiger charge is 2.06. The molecule has 1 atom stereocenters. The van der Waals surface area contributed by atoms with Crippen LogP contribution >= 0.6 is 0 Å². The number of quaternary nitrogens is 1. The number of rotatable bonds is 7. The Morgan fingerprint density at radius 2 is 1.82 bits per heavy atom. The van der Waals surface area contributed by atoms with Gasteiger partial charge >= 0.3 is 0 Å². The molecular weight excluding hydrogens is 270 g/mol. The van der Waals surface area contributed by atoms with Crippen LogP contribution < -0.4 is 9.64 Å². The Morgan fingerprint density at radius 3 is 2.45 bits per heavy atom. The molecule has 0 aliphatic carbocycles. The van der Waals surface area contributed by atoms with Crippen molar-refractivity contribution in [3.63, 3.8) is 0 Å². The lowest BCUT2D eigenvalue weighted by Gasteiger charge is -2.13. The number of nitrogens with one attached hydrogen (secondary N) is 1. The monoisotopic (exact) mass is 292 g/mol. The molecule has 0 fully saturated rings. The number of ether oxygens (including phenoxy) is 1. The SMILES string of the molecule is C#CC[NH+](C)CC(=C)c1ccc(OCc2ccccc2)cc1. The molecule has 0 aliphatic rings. The van der Waals surface area contributed by atoms with Crippen LogP contribution in [-0.2, 0) is 6.61 Å². The van der Waals surface area contributed by atoms with Gasteiger partial charge in [0.25, 0.3) is 0 Å². The number of hydrogen-bond acceptors (Lipinski definition) is 1. The standard InChI is InChI=1S/C20H21NO/c1-4-14-21(3)15-17(2)19-10-12-20(13-11-19)22-16-18-8-6-5-7-9-18/h1,5-13H,2,14-16H2,3H3/p+1. The predicted molar refractivity (Wildman–Crippen MR) is 91.7 cm³/mol. The van der Waals surface area contributed by atoms with E-state index in [0.717, 1.165) is 29.0 Å². The normalized spacial score (nSPS) is 11.5. The Bertz CT molecular complexity index is 638. The molecule has 0 bridgehead atoms. The molecule has 0 saturated heterocycles. The van der Waals surface area contributed by atoms with E-state index in [4.69, 9.17) is 11.2 Å². The maximum atomic E-state index is 5.79. The second-order valence-corrected chi connectivity index (χ2v) is 5.42. The van der Waals surface area contributed by atoms with E-state index in [1.165, 1.54) is 4.90 Å². The van der Waals surface area contributed by atoms with Gasteiger partial charge in [-0.1, -0.05) is 49.0 Å². The quantitative estimate of drug-likeness (QED) is 0.774. The summed E-state index contributed by atoms with van der Waals surface area (Å²) in [5.41, 5.74) is 3.38. The average molecular weight is 292 g/mol. The zero-order valence-corrected chi connectivity index (χ0v) is 13.0. The second-order valence-electron chi connectivity index (χ2n) is 5.42. The van der Waals surface area contributed by atoms with E-state index in [9.17, 15) is 0 Å². The van der Waals surface area contributed by atoms with E-state index in [-0.39, 0.29) is 0 Å². The molecule has 0 radical (unpaired) electrons. The van der Waals surface area contributed by atoms with Crippen molar-refractivity contribution >= 4 is 5.57 Å². The third kappa shape index (κ3) is 4.80. The summed E-state index contributed by atoms with van der Waals surface area (Å²) in [7, 11) is 2.07. The minimum Gasteiger partial charge on any atom is -0.489 e. The summed E-state index contributed by atoms with van der Waals surface area (Å²) < 4.78 is 5.79. The van der Waals surface area contributed by atoms with E-state index in [1.807, 2.05) is 42.5 Å². The van der Waals surface area contributed by atoms with Crippen LogP contribution in [0.25, 0.3) is 5.57 Å². The van der Waals surface area contributed by atoms with Crippen LogP contribution in [0.1, 0.15) is 11.1 Å². The van der Waals surface area contributed by atoms with Crippen molar-refractivity contribution in [1.82, 2.24) is 0 Å². The maximum absolute atomic E-state index is 5.79. The fourth-order valence-corrected chi connectivity index (χ4v) is 2.23. The largest absolute Gasteiger partial charge is 0.489 e. The van der Waals surface area contributed by atoms with Crippen molar-refractivity contribution in [2.45, 2.75) is 6.61 Å². The Morgan fingerprint density at radius 1 is 1.14 bits per heavy atom. The van der Waals surface area contributed by atoms with Crippen molar-refractivity contribution < 1.29 is 9.64 Å². The maximum Gasteiger partial charge on any atom is 0.139 e. The second kappa shape index (κ2) is 8.07. The predicted octanol–water partition coefficient (Wildman–Crippen LogP) is 2.43. The summed E-state index contributed by atoms with van der Waals surface area (Å²) in [6, 6.07) is 18.2. The minimum atomic E-state index is 0.580. The fourth-order valence-electron chi connectivity index (χ4n) is 2.23. The van der Waals surface area contributed by atoms with E-state index >= 15 is 0 Å². The first-order valence-corrected chi connectivity index (χ1v) is 7.38. The Kier molecular flexibility index (Phi) is 5.82. The van der Waals surface area contributed by atoms with Crippen LogP contribution in [0.3, 0.4) is 0 Å².